The summed E-state index contributed by atoms with van der Waals surface area (Å²) in [5, 5.41) is 5.19. The highest BCUT2D eigenvalue weighted by molar-refractivity contribution is 8.14. The van der Waals surface area contributed by atoms with Gasteiger partial charge in [-0.3, -0.25) is 4.99 Å². The number of aliphatic imine (C=N–C) groups is 1. The number of anilines is 1. The molecule has 5 heteroatoms. The Morgan fingerprint density at radius 2 is 2.12 bits per heavy atom. The lowest BCUT2D eigenvalue weighted by atomic mass is 10.1. The van der Waals surface area contributed by atoms with Crippen LogP contribution in [0.2, 0.25) is 10.0 Å². The van der Waals surface area contributed by atoms with Gasteiger partial charge in [0, 0.05) is 5.75 Å². The van der Waals surface area contributed by atoms with Crippen LogP contribution < -0.4 is 5.32 Å². The molecule has 0 aromatic heterocycles. The van der Waals surface area contributed by atoms with Crippen LogP contribution in [0, 0.1) is 0 Å². The lowest BCUT2D eigenvalue weighted by Gasteiger charge is -2.10. The molecule has 1 aromatic carbocycles. The molecule has 0 aliphatic carbocycles. The zero-order valence-corrected chi connectivity index (χ0v) is 11.4. The first kappa shape index (κ1) is 12.1. The first-order chi connectivity index (χ1) is 7.48. The smallest absolute Gasteiger partial charge is 0.161 e. The second-order valence-electron chi connectivity index (χ2n) is 4.24. The lowest BCUT2D eigenvalue weighted by molar-refractivity contribution is 0.605. The molecule has 0 saturated carbocycles. The van der Waals surface area contributed by atoms with Crippen LogP contribution in [0.4, 0.5) is 5.69 Å². The number of benzene rings is 1. The Bertz CT molecular complexity index is 444. The maximum Gasteiger partial charge on any atom is 0.161 e. The van der Waals surface area contributed by atoms with Crippen molar-refractivity contribution < 1.29 is 0 Å². The van der Waals surface area contributed by atoms with Crippen LogP contribution in [0.15, 0.2) is 23.2 Å². The van der Waals surface area contributed by atoms with Gasteiger partial charge >= 0.3 is 0 Å². The summed E-state index contributed by atoms with van der Waals surface area (Å²) in [7, 11) is 0. The Balaban J connectivity index is 2.20. The van der Waals surface area contributed by atoms with Crippen molar-refractivity contribution in [1.82, 2.24) is 0 Å². The first-order valence-electron chi connectivity index (χ1n) is 4.92. The minimum atomic E-state index is -0.00193. The van der Waals surface area contributed by atoms with Gasteiger partial charge in [0.15, 0.2) is 5.17 Å². The molecule has 1 heterocycles. The highest BCUT2D eigenvalue weighted by atomic mass is 35.5. The summed E-state index contributed by atoms with van der Waals surface area (Å²) in [6, 6.07) is 5.52. The quantitative estimate of drug-likeness (QED) is 0.827. The van der Waals surface area contributed by atoms with E-state index in [1.807, 2.05) is 12.1 Å². The monoisotopic (exact) mass is 274 g/mol. The average Bonchev–Trinajstić information content (AvgIpc) is 2.53. The SMILES string of the molecule is CC1(C)CSC(Nc2cccc(Cl)c2Cl)=N1. The van der Waals surface area contributed by atoms with Crippen molar-refractivity contribution in [2.75, 3.05) is 11.1 Å². The molecule has 0 bridgehead atoms. The van der Waals surface area contributed by atoms with Crippen molar-refractivity contribution in [3.63, 3.8) is 0 Å². The molecule has 16 heavy (non-hydrogen) atoms. The summed E-state index contributed by atoms with van der Waals surface area (Å²) in [6.07, 6.45) is 0. The molecule has 0 saturated heterocycles. The third-order valence-electron chi connectivity index (χ3n) is 2.16. The summed E-state index contributed by atoms with van der Waals surface area (Å²) >= 11 is 13.7. The average molecular weight is 275 g/mol. The third-order valence-corrected chi connectivity index (χ3v) is 4.30. The Hall–Kier alpha value is -0.380. The molecule has 1 aliphatic heterocycles. The molecular weight excluding hydrogens is 263 g/mol. The molecule has 86 valence electrons. The fraction of sp³-hybridized carbons (Fsp3) is 0.364. The molecule has 0 unspecified atom stereocenters. The van der Waals surface area contributed by atoms with Gasteiger partial charge in [-0.25, -0.2) is 0 Å². The van der Waals surface area contributed by atoms with E-state index < -0.39 is 0 Å². The molecule has 0 amide bonds. The van der Waals surface area contributed by atoms with Crippen LogP contribution in [0.3, 0.4) is 0 Å². The van der Waals surface area contributed by atoms with Gasteiger partial charge in [-0.2, -0.15) is 0 Å². The number of hydrogen-bond acceptors (Lipinski definition) is 3. The van der Waals surface area contributed by atoms with Crippen molar-refractivity contribution in [3.8, 4) is 0 Å². The highest BCUT2D eigenvalue weighted by Gasteiger charge is 2.25. The van der Waals surface area contributed by atoms with Crippen LogP contribution >= 0.6 is 35.0 Å². The third kappa shape index (κ3) is 2.65. The Morgan fingerprint density at radius 1 is 1.38 bits per heavy atom. The van der Waals surface area contributed by atoms with E-state index in [1.54, 1.807) is 17.8 Å². The molecule has 0 radical (unpaired) electrons. The van der Waals surface area contributed by atoms with Gasteiger partial charge in [-0.05, 0) is 26.0 Å². The Morgan fingerprint density at radius 3 is 2.75 bits per heavy atom. The molecule has 0 atom stereocenters. The van der Waals surface area contributed by atoms with E-state index in [0.29, 0.717) is 10.0 Å². The zero-order valence-electron chi connectivity index (χ0n) is 9.05. The number of thioether (sulfide) groups is 1. The topological polar surface area (TPSA) is 24.4 Å². The number of halogens is 2. The van der Waals surface area contributed by atoms with Gasteiger partial charge in [0.25, 0.3) is 0 Å². The van der Waals surface area contributed by atoms with E-state index in [4.69, 9.17) is 23.2 Å². The number of hydrogen-bond donors (Lipinski definition) is 1. The van der Waals surface area contributed by atoms with Gasteiger partial charge in [-0.15, -0.1) is 0 Å². The highest BCUT2D eigenvalue weighted by Crippen LogP contribution is 2.33. The van der Waals surface area contributed by atoms with E-state index in [1.165, 1.54) is 0 Å². The van der Waals surface area contributed by atoms with Gasteiger partial charge in [0.1, 0.15) is 0 Å². The summed E-state index contributed by atoms with van der Waals surface area (Å²) < 4.78 is 0. The molecule has 2 nitrogen and oxygen atoms in total. The van der Waals surface area contributed by atoms with Crippen LogP contribution in [-0.2, 0) is 0 Å². The largest absolute Gasteiger partial charge is 0.334 e. The Kier molecular flexibility index (Phi) is 3.38. The Labute approximate surface area is 109 Å². The maximum absolute atomic E-state index is 6.08. The fourth-order valence-corrected chi connectivity index (χ4v) is 2.76. The summed E-state index contributed by atoms with van der Waals surface area (Å²) in [6.45, 7) is 4.21. The van der Waals surface area contributed by atoms with Crippen molar-refractivity contribution >= 4 is 45.8 Å². The minimum absolute atomic E-state index is 0.00193. The fourth-order valence-electron chi connectivity index (χ4n) is 1.36. The van der Waals surface area contributed by atoms with Crippen molar-refractivity contribution in [1.29, 1.82) is 0 Å². The molecule has 2 rings (SSSR count). The van der Waals surface area contributed by atoms with E-state index in [-0.39, 0.29) is 5.54 Å². The van der Waals surface area contributed by atoms with E-state index in [2.05, 4.69) is 24.2 Å². The maximum atomic E-state index is 6.08. The summed E-state index contributed by atoms with van der Waals surface area (Å²) in [5.41, 5.74) is 0.802. The van der Waals surface area contributed by atoms with E-state index in [0.717, 1.165) is 16.6 Å². The van der Waals surface area contributed by atoms with Crippen LogP contribution in [0.5, 0.6) is 0 Å². The molecule has 1 aliphatic rings. The van der Waals surface area contributed by atoms with Crippen LogP contribution in [0.25, 0.3) is 0 Å². The second-order valence-corrected chi connectivity index (χ2v) is 5.99. The molecule has 1 aromatic rings. The van der Waals surface area contributed by atoms with E-state index in [9.17, 15) is 0 Å². The van der Waals surface area contributed by atoms with Crippen LogP contribution in [-0.4, -0.2) is 16.5 Å². The normalized spacial score (nSPS) is 18.4. The standard InChI is InChI=1S/C11H12Cl2N2S/c1-11(2)6-16-10(15-11)14-8-5-3-4-7(12)9(8)13/h3-5H,6H2,1-2H3,(H,14,15). The molecule has 0 fully saturated rings. The number of nitrogens with zero attached hydrogens (tertiary/aromatic N) is 1. The van der Waals surface area contributed by atoms with Gasteiger partial charge in [-0.1, -0.05) is 41.0 Å². The minimum Gasteiger partial charge on any atom is -0.334 e. The predicted molar refractivity (Wildman–Crippen MR) is 74.1 cm³/mol. The van der Waals surface area contributed by atoms with Gasteiger partial charge in [0.05, 0.1) is 21.3 Å². The molecular formula is C11H12Cl2N2S. The first-order valence-corrected chi connectivity index (χ1v) is 6.66. The second kappa shape index (κ2) is 4.47. The number of nitrogens with one attached hydrogen (secondary N) is 1. The van der Waals surface area contributed by atoms with Crippen molar-refractivity contribution in [2.24, 2.45) is 4.99 Å². The van der Waals surface area contributed by atoms with E-state index >= 15 is 0 Å². The number of amidine groups is 1. The molecule has 0 spiro atoms. The van der Waals surface area contributed by atoms with Gasteiger partial charge in [0.2, 0.25) is 0 Å². The van der Waals surface area contributed by atoms with Gasteiger partial charge < -0.3 is 5.32 Å². The molecule has 1 N–H and O–H groups in total. The zero-order chi connectivity index (χ0) is 11.8. The van der Waals surface area contributed by atoms with Crippen molar-refractivity contribution in [2.45, 2.75) is 19.4 Å². The summed E-state index contributed by atoms with van der Waals surface area (Å²) in [4.78, 5) is 4.55. The van der Waals surface area contributed by atoms with Crippen LogP contribution in [0.1, 0.15) is 13.8 Å². The lowest BCUT2D eigenvalue weighted by Crippen LogP contribution is -2.15. The number of rotatable bonds is 1. The summed E-state index contributed by atoms with van der Waals surface area (Å²) in [5.74, 6) is 0.980. The van der Waals surface area contributed by atoms with Crippen molar-refractivity contribution in [3.05, 3.63) is 28.2 Å². The predicted octanol–water partition coefficient (Wildman–Crippen LogP) is 4.29.